The first-order valence-electron chi connectivity index (χ1n) is 9.25. The Kier molecular flexibility index (Phi) is 6.13. The van der Waals surface area contributed by atoms with Gasteiger partial charge in [0.15, 0.2) is 11.2 Å². The van der Waals surface area contributed by atoms with Gasteiger partial charge in [0, 0.05) is 21.0 Å². The Bertz CT molecular complexity index is 1350. The Morgan fingerprint density at radius 3 is 2.39 bits per heavy atom. The number of aryl methyl sites for hydroxylation is 2. The van der Waals surface area contributed by atoms with Crippen LogP contribution in [0.1, 0.15) is 12.5 Å². The minimum Gasteiger partial charge on any atom is -0.458 e. The number of ether oxygens (including phenoxy) is 1. The molecule has 12 heteroatoms. The minimum absolute atomic E-state index is 0.0309. The molecule has 31 heavy (non-hydrogen) atoms. The van der Waals surface area contributed by atoms with Crippen molar-refractivity contribution in [1.29, 1.82) is 0 Å². The molecule has 0 saturated carbocycles. The molecular weight excluding hydrogens is 428 g/mol. The van der Waals surface area contributed by atoms with Crippen LogP contribution in [0.2, 0.25) is 0 Å². The molecule has 0 N–H and O–H groups in total. The van der Waals surface area contributed by atoms with Crippen molar-refractivity contribution in [2.45, 2.75) is 31.4 Å². The summed E-state index contributed by atoms with van der Waals surface area (Å²) in [6.07, 6.45) is 0.285. The van der Waals surface area contributed by atoms with E-state index in [1.165, 1.54) is 48.6 Å². The van der Waals surface area contributed by atoms with E-state index < -0.39 is 40.0 Å². The molecule has 0 saturated heterocycles. The molecular formula is C19H22N4O7S. The lowest BCUT2D eigenvalue weighted by Crippen LogP contribution is -2.38. The molecule has 1 aromatic carbocycles. The van der Waals surface area contributed by atoms with Crippen LogP contribution >= 0.6 is 0 Å². The van der Waals surface area contributed by atoms with Crippen molar-refractivity contribution in [3.63, 3.8) is 0 Å². The molecule has 0 amide bonds. The van der Waals surface area contributed by atoms with E-state index in [-0.39, 0.29) is 22.6 Å². The van der Waals surface area contributed by atoms with Gasteiger partial charge in [0.05, 0.1) is 17.8 Å². The summed E-state index contributed by atoms with van der Waals surface area (Å²) in [5.41, 5.74) is 0.0444. The molecule has 0 aliphatic heterocycles. The number of imidazole rings is 1. The molecule has 0 spiro atoms. The molecule has 0 aliphatic rings. The highest BCUT2D eigenvalue weighted by atomic mass is 32.2. The highest BCUT2D eigenvalue weighted by Gasteiger charge is 2.23. The predicted octanol–water partition coefficient (Wildman–Crippen LogP) is 0.0793. The van der Waals surface area contributed by atoms with E-state index >= 15 is 0 Å². The monoisotopic (exact) mass is 450 g/mol. The van der Waals surface area contributed by atoms with E-state index in [0.717, 1.165) is 10.1 Å². The molecule has 0 bridgehead atoms. The Hall–Kier alpha value is -3.25. The van der Waals surface area contributed by atoms with Crippen LogP contribution < -0.4 is 11.2 Å². The SMILES string of the molecule is CC(=O)OC(COS(=O)(=O)c1ccc(C)cc1)Cn1cnc2c1c(=O)n(C)c(=O)n2C. The zero-order chi connectivity index (χ0) is 22.9. The summed E-state index contributed by atoms with van der Waals surface area (Å²) in [4.78, 5) is 40.2. The number of nitrogens with zero attached hydrogens (tertiary/aromatic N) is 4. The first kappa shape index (κ1) is 22.4. The van der Waals surface area contributed by atoms with Crippen LogP contribution in [0, 0.1) is 6.92 Å². The topological polar surface area (TPSA) is 131 Å². The molecule has 3 aromatic rings. The van der Waals surface area contributed by atoms with Gasteiger partial charge >= 0.3 is 11.7 Å². The number of benzene rings is 1. The van der Waals surface area contributed by atoms with Gasteiger partial charge in [0.1, 0.15) is 12.7 Å². The van der Waals surface area contributed by atoms with E-state index in [2.05, 4.69) is 4.98 Å². The third-order valence-electron chi connectivity index (χ3n) is 4.67. The fourth-order valence-corrected chi connectivity index (χ4v) is 3.99. The number of fused-ring (bicyclic) bond motifs is 1. The van der Waals surface area contributed by atoms with Gasteiger partial charge in [-0.05, 0) is 19.1 Å². The van der Waals surface area contributed by atoms with E-state index in [4.69, 9.17) is 8.92 Å². The number of hydrogen-bond donors (Lipinski definition) is 0. The van der Waals surface area contributed by atoms with Crippen molar-refractivity contribution < 1.29 is 22.1 Å². The largest absolute Gasteiger partial charge is 0.458 e. The zero-order valence-electron chi connectivity index (χ0n) is 17.4. The van der Waals surface area contributed by atoms with Gasteiger partial charge in [0.2, 0.25) is 0 Å². The summed E-state index contributed by atoms with van der Waals surface area (Å²) in [7, 11) is -1.27. The van der Waals surface area contributed by atoms with Gasteiger partial charge in [-0.3, -0.25) is 22.9 Å². The fraction of sp³-hybridized carbons (Fsp3) is 0.368. The standard InChI is InChI=1S/C19H22N4O7S/c1-12-5-7-15(8-6-12)31(27,28)29-10-14(30-13(2)24)9-23-11-20-17-16(23)18(25)22(4)19(26)21(17)3/h5-8,11,14H,9-10H2,1-4H3. The van der Waals surface area contributed by atoms with Crippen LogP contribution in [0.5, 0.6) is 0 Å². The van der Waals surface area contributed by atoms with Crippen LogP contribution in [-0.4, -0.2) is 45.8 Å². The Morgan fingerprint density at radius 1 is 1.13 bits per heavy atom. The number of hydrogen-bond acceptors (Lipinski definition) is 8. The molecule has 1 atom stereocenters. The van der Waals surface area contributed by atoms with E-state index in [0.29, 0.717) is 0 Å². The molecule has 2 heterocycles. The summed E-state index contributed by atoms with van der Waals surface area (Å²) in [6.45, 7) is 2.42. The molecule has 3 rings (SSSR count). The maximum Gasteiger partial charge on any atom is 0.332 e. The molecule has 11 nitrogen and oxygen atoms in total. The van der Waals surface area contributed by atoms with Crippen molar-refractivity contribution in [3.05, 3.63) is 57.0 Å². The number of carbonyl (C=O) groups is 1. The van der Waals surface area contributed by atoms with Crippen LogP contribution in [0.25, 0.3) is 11.2 Å². The third-order valence-corrected chi connectivity index (χ3v) is 5.96. The van der Waals surface area contributed by atoms with Gasteiger partial charge in [-0.1, -0.05) is 17.7 Å². The van der Waals surface area contributed by atoms with Gasteiger partial charge in [-0.25, -0.2) is 9.78 Å². The highest BCUT2D eigenvalue weighted by Crippen LogP contribution is 2.15. The molecule has 0 fully saturated rings. The molecule has 2 aromatic heterocycles. The average molecular weight is 450 g/mol. The first-order chi connectivity index (χ1) is 14.5. The van der Waals surface area contributed by atoms with Gasteiger partial charge < -0.3 is 9.30 Å². The van der Waals surface area contributed by atoms with Crippen molar-refractivity contribution in [1.82, 2.24) is 18.7 Å². The summed E-state index contributed by atoms with van der Waals surface area (Å²) in [5, 5.41) is 0. The Balaban J connectivity index is 1.89. The minimum atomic E-state index is -4.08. The number of carbonyl (C=O) groups excluding carboxylic acids is 1. The van der Waals surface area contributed by atoms with Crippen molar-refractivity contribution >= 4 is 27.3 Å². The van der Waals surface area contributed by atoms with Crippen molar-refractivity contribution in [2.75, 3.05) is 6.61 Å². The highest BCUT2D eigenvalue weighted by molar-refractivity contribution is 7.86. The summed E-state index contributed by atoms with van der Waals surface area (Å²) < 4.78 is 38.7. The lowest BCUT2D eigenvalue weighted by Gasteiger charge is -2.18. The van der Waals surface area contributed by atoms with Crippen LogP contribution in [-0.2, 0) is 44.5 Å². The van der Waals surface area contributed by atoms with Gasteiger partial charge in [-0.2, -0.15) is 8.42 Å². The summed E-state index contributed by atoms with van der Waals surface area (Å²) >= 11 is 0. The number of esters is 1. The predicted molar refractivity (Wildman–Crippen MR) is 110 cm³/mol. The Morgan fingerprint density at radius 2 is 1.77 bits per heavy atom. The van der Waals surface area contributed by atoms with Crippen LogP contribution in [0.3, 0.4) is 0 Å². The van der Waals surface area contributed by atoms with E-state index in [1.807, 2.05) is 6.92 Å². The van der Waals surface area contributed by atoms with E-state index in [9.17, 15) is 22.8 Å². The average Bonchev–Trinajstić information content (AvgIpc) is 3.12. The maximum atomic E-state index is 12.6. The number of aromatic nitrogens is 4. The second-order valence-corrected chi connectivity index (χ2v) is 8.67. The van der Waals surface area contributed by atoms with Crippen molar-refractivity contribution in [3.8, 4) is 0 Å². The Labute approximate surface area is 177 Å². The third kappa shape index (κ3) is 4.59. The van der Waals surface area contributed by atoms with E-state index in [1.54, 1.807) is 12.1 Å². The van der Waals surface area contributed by atoms with Crippen molar-refractivity contribution in [2.24, 2.45) is 14.1 Å². The molecule has 166 valence electrons. The lowest BCUT2D eigenvalue weighted by molar-refractivity contribution is -0.148. The molecule has 0 aliphatic carbocycles. The number of rotatable bonds is 7. The van der Waals surface area contributed by atoms with Crippen LogP contribution in [0.4, 0.5) is 0 Å². The second-order valence-electron chi connectivity index (χ2n) is 7.06. The van der Waals surface area contributed by atoms with Crippen LogP contribution in [0.15, 0.2) is 45.1 Å². The van der Waals surface area contributed by atoms with Gasteiger partial charge in [0.25, 0.3) is 15.7 Å². The quantitative estimate of drug-likeness (QED) is 0.365. The molecule has 1 unspecified atom stereocenters. The lowest BCUT2D eigenvalue weighted by atomic mass is 10.2. The second kappa shape index (κ2) is 8.47. The fourth-order valence-electron chi connectivity index (χ4n) is 3.05. The zero-order valence-corrected chi connectivity index (χ0v) is 18.2. The first-order valence-corrected chi connectivity index (χ1v) is 10.7. The molecule has 0 radical (unpaired) electrons. The smallest absolute Gasteiger partial charge is 0.332 e. The summed E-state index contributed by atoms with van der Waals surface area (Å²) in [6, 6.07) is 6.10. The summed E-state index contributed by atoms with van der Waals surface area (Å²) in [5.74, 6) is -0.647. The normalized spacial score (nSPS) is 12.8. The maximum absolute atomic E-state index is 12.6. The van der Waals surface area contributed by atoms with Gasteiger partial charge in [-0.15, -0.1) is 0 Å².